The maximum absolute atomic E-state index is 12.4. The van der Waals surface area contributed by atoms with Crippen LogP contribution in [0, 0.1) is 0 Å². The number of esters is 1. The third-order valence-corrected chi connectivity index (χ3v) is 4.72. The summed E-state index contributed by atoms with van der Waals surface area (Å²) in [6.07, 6.45) is 7.45. The van der Waals surface area contributed by atoms with Gasteiger partial charge >= 0.3 is 5.97 Å². The Morgan fingerprint density at radius 3 is 2.41 bits per heavy atom. The van der Waals surface area contributed by atoms with Gasteiger partial charge in [-0.15, -0.1) is 0 Å². The Labute approximate surface area is 170 Å². The van der Waals surface area contributed by atoms with Crippen LogP contribution >= 0.6 is 0 Å². The van der Waals surface area contributed by atoms with Crippen molar-refractivity contribution < 1.29 is 14.3 Å². The third kappa shape index (κ3) is 4.84. The Hall–Kier alpha value is -3.12. The molecule has 1 aliphatic rings. The van der Waals surface area contributed by atoms with E-state index < -0.39 is 5.97 Å². The van der Waals surface area contributed by atoms with Crippen molar-refractivity contribution in [1.29, 1.82) is 0 Å². The summed E-state index contributed by atoms with van der Waals surface area (Å²) in [5, 5.41) is 0. The minimum atomic E-state index is -0.453. The van der Waals surface area contributed by atoms with Gasteiger partial charge in [0.2, 0.25) is 0 Å². The normalized spacial score (nSPS) is 13.3. The molecule has 0 saturated heterocycles. The highest BCUT2D eigenvalue weighted by Crippen LogP contribution is 2.38. The predicted octanol–water partition coefficient (Wildman–Crippen LogP) is 4.31. The zero-order valence-corrected chi connectivity index (χ0v) is 16.4. The van der Waals surface area contributed by atoms with Crippen LogP contribution in [0.1, 0.15) is 53.1 Å². The van der Waals surface area contributed by atoms with E-state index in [4.69, 9.17) is 9.47 Å². The monoisotopic (exact) mass is 389 g/mol. The van der Waals surface area contributed by atoms with Crippen LogP contribution in [0.4, 0.5) is 0 Å². The van der Waals surface area contributed by atoms with E-state index >= 15 is 0 Å². The molecule has 2 heterocycles. The van der Waals surface area contributed by atoms with Crippen LogP contribution in [-0.4, -0.2) is 27.5 Å². The average molecular weight is 389 g/mol. The molecule has 0 bridgehead atoms. The van der Waals surface area contributed by atoms with E-state index in [0.29, 0.717) is 31.3 Å². The number of pyridine rings is 1. The van der Waals surface area contributed by atoms with E-state index in [1.54, 1.807) is 25.5 Å². The van der Waals surface area contributed by atoms with E-state index in [0.717, 1.165) is 35.4 Å². The van der Waals surface area contributed by atoms with Gasteiger partial charge in [-0.25, -0.2) is 19.7 Å². The number of carbonyl (C=O) groups is 1. The molecular weight excluding hydrogens is 366 g/mol. The quantitative estimate of drug-likeness (QED) is 0.535. The van der Waals surface area contributed by atoms with Gasteiger partial charge < -0.3 is 9.47 Å². The standard InChI is InChI=1S/C23H23N3O3/c1-2-29-23(27)21-20(19-12-25-22(26-13-19)18-8-9-18)10-17(11-24-21)15-28-14-16-6-4-3-5-7-16/h3-7,10-13,18H,2,8-9,14-15H2,1H3. The van der Waals surface area contributed by atoms with Crippen molar-refractivity contribution in [2.45, 2.75) is 38.9 Å². The molecule has 4 rings (SSSR count). The molecular formula is C23H23N3O3. The molecule has 0 aliphatic heterocycles. The van der Waals surface area contributed by atoms with Crippen LogP contribution in [0.2, 0.25) is 0 Å². The largest absolute Gasteiger partial charge is 0.461 e. The van der Waals surface area contributed by atoms with Crippen LogP contribution < -0.4 is 0 Å². The number of nitrogens with zero attached hydrogens (tertiary/aromatic N) is 3. The van der Waals surface area contributed by atoms with Crippen molar-refractivity contribution in [3.8, 4) is 11.1 Å². The highest BCUT2D eigenvalue weighted by Gasteiger charge is 2.26. The molecule has 3 aromatic rings. The van der Waals surface area contributed by atoms with Gasteiger partial charge in [-0.3, -0.25) is 0 Å². The van der Waals surface area contributed by atoms with E-state index in [1.807, 2.05) is 36.4 Å². The first-order chi connectivity index (χ1) is 14.2. The molecule has 6 heteroatoms. The summed E-state index contributed by atoms with van der Waals surface area (Å²) in [4.78, 5) is 25.7. The minimum absolute atomic E-state index is 0.265. The molecule has 148 valence electrons. The summed E-state index contributed by atoms with van der Waals surface area (Å²) in [5.74, 6) is 0.886. The van der Waals surface area contributed by atoms with Crippen LogP contribution in [0.5, 0.6) is 0 Å². The summed E-state index contributed by atoms with van der Waals surface area (Å²) in [7, 11) is 0. The Morgan fingerprint density at radius 2 is 1.72 bits per heavy atom. The molecule has 1 aliphatic carbocycles. The van der Waals surface area contributed by atoms with Crippen LogP contribution in [0.25, 0.3) is 11.1 Å². The highest BCUT2D eigenvalue weighted by molar-refractivity contribution is 5.95. The van der Waals surface area contributed by atoms with Crippen molar-refractivity contribution in [3.05, 3.63) is 77.6 Å². The van der Waals surface area contributed by atoms with Crippen LogP contribution in [0.3, 0.4) is 0 Å². The Balaban J connectivity index is 1.55. The van der Waals surface area contributed by atoms with E-state index in [-0.39, 0.29) is 5.69 Å². The molecule has 0 unspecified atom stereocenters. The zero-order valence-electron chi connectivity index (χ0n) is 16.4. The van der Waals surface area contributed by atoms with Crippen molar-refractivity contribution in [2.24, 2.45) is 0 Å². The van der Waals surface area contributed by atoms with Crippen molar-refractivity contribution in [3.63, 3.8) is 0 Å². The SMILES string of the molecule is CCOC(=O)c1ncc(COCc2ccccc2)cc1-c1cnc(C2CC2)nc1. The summed E-state index contributed by atoms with van der Waals surface area (Å²) < 4.78 is 11.0. The Bertz CT molecular complexity index is 970. The van der Waals surface area contributed by atoms with Gasteiger partial charge in [0.05, 0.1) is 19.8 Å². The smallest absolute Gasteiger partial charge is 0.357 e. The van der Waals surface area contributed by atoms with Gasteiger partial charge in [-0.2, -0.15) is 0 Å². The highest BCUT2D eigenvalue weighted by atomic mass is 16.5. The minimum Gasteiger partial charge on any atom is -0.461 e. The zero-order chi connectivity index (χ0) is 20.1. The maximum Gasteiger partial charge on any atom is 0.357 e. The van der Waals surface area contributed by atoms with Crippen molar-refractivity contribution >= 4 is 5.97 Å². The van der Waals surface area contributed by atoms with Crippen molar-refractivity contribution in [1.82, 2.24) is 15.0 Å². The summed E-state index contributed by atoms with van der Waals surface area (Å²) in [6, 6.07) is 11.9. The average Bonchev–Trinajstić information content (AvgIpc) is 3.60. The maximum atomic E-state index is 12.4. The fourth-order valence-corrected chi connectivity index (χ4v) is 3.06. The lowest BCUT2D eigenvalue weighted by Crippen LogP contribution is -2.10. The van der Waals surface area contributed by atoms with Crippen molar-refractivity contribution in [2.75, 3.05) is 6.61 Å². The van der Waals surface area contributed by atoms with Gasteiger partial charge in [0.1, 0.15) is 5.82 Å². The van der Waals surface area contributed by atoms with Gasteiger partial charge in [-0.05, 0) is 37.0 Å². The first-order valence-electron chi connectivity index (χ1n) is 9.84. The topological polar surface area (TPSA) is 74.2 Å². The van der Waals surface area contributed by atoms with Crippen LogP contribution in [0.15, 0.2) is 55.0 Å². The number of hydrogen-bond donors (Lipinski definition) is 0. The molecule has 0 spiro atoms. The van der Waals surface area contributed by atoms with E-state index in [9.17, 15) is 4.79 Å². The molecule has 0 N–H and O–H groups in total. The lowest BCUT2D eigenvalue weighted by molar-refractivity contribution is 0.0520. The number of ether oxygens (including phenoxy) is 2. The first-order valence-corrected chi connectivity index (χ1v) is 9.84. The second kappa shape index (κ2) is 8.92. The van der Waals surface area contributed by atoms with Gasteiger partial charge in [0, 0.05) is 35.6 Å². The fourth-order valence-electron chi connectivity index (χ4n) is 3.06. The molecule has 29 heavy (non-hydrogen) atoms. The molecule has 0 atom stereocenters. The molecule has 1 fully saturated rings. The molecule has 1 saturated carbocycles. The molecule has 6 nitrogen and oxygen atoms in total. The third-order valence-electron chi connectivity index (χ3n) is 4.72. The van der Waals surface area contributed by atoms with E-state index in [2.05, 4.69) is 15.0 Å². The second-order valence-electron chi connectivity index (χ2n) is 7.04. The number of hydrogen-bond acceptors (Lipinski definition) is 6. The first kappa shape index (κ1) is 19.2. The lowest BCUT2D eigenvalue weighted by atomic mass is 10.0. The van der Waals surface area contributed by atoms with Crippen LogP contribution in [-0.2, 0) is 22.7 Å². The predicted molar refractivity (Wildman–Crippen MR) is 108 cm³/mol. The molecule has 0 radical (unpaired) electrons. The number of rotatable bonds is 8. The molecule has 0 amide bonds. The van der Waals surface area contributed by atoms with Gasteiger partial charge in [-0.1, -0.05) is 30.3 Å². The van der Waals surface area contributed by atoms with Gasteiger partial charge in [0.15, 0.2) is 5.69 Å². The summed E-state index contributed by atoms with van der Waals surface area (Å²) in [5.41, 5.74) is 3.64. The molecule has 1 aromatic carbocycles. The summed E-state index contributed by atoms with van der Waals surface area (Å²) >= 11 is 0. The lowest BCUT2D eigenvalue weighted by Gasteiger charge is -2.11. The second-order valence-corrected chi connectivity index (χ2v) is 7.04. The molecule has 2 aromatic heterocycles. The van der Waals surface area contributed by atoms with E-state index in [1.165, 1.54) is 0 Å². The Morgan fingerprint density at radius 1 is 1.00 bits per heavy atom. The number of aromatic nitrogens is 3. The number of carbonyl (C=O) groups excluding carboxylic acids is 1. The fraction of sp³-hybridized carbons (Fsp3) is 0.304. The Kier molecular flexibility index (Phi) is 5.91. The summed E-state index contributed by atoms with van der Waals surface area (Å²) in [6.45, 7) is 2.96. The van der Waals surface area contributed by atoms with Gasteiger partial charge in [0.25, 0.3) is 0 Å². The number of benzene rings is 1.